The second-order valence-electron chi connectivity index (χ2n) is 4.44. The van der Waals surface area contributed by atoms with Crippen molar-refractivity contribution in [3.8, 4) is 0 Å². The quantitative estimate of drug-likeness (QED) is 0.903. The highest BCUT2D eigenvalue weighted by Gasteiger charge is 2.12. The van der Waals surface area contributed by atoms with Gasteiger partial charge in [0.05, 0.1) is 5.56 Å². The number of rotatable bonds is 4. The van der Waals surface area contributed by atoms with Crippen LogP contribution in [0.15, 0.2) is 24.3 Å². The molecule has 0 fully saturated rings. The summed E-state index contributed by atoms with van der Waals surface area (Å²) >= 11 is 1.12. The molecule has 1 aromatic carbocycles. The molecule has 0 atom stereocenters. The minimum absolute atomic E-state index is 0.218. The summed E-state index contributed by atoms with van der Waals surface area (Å²) in [4.78, 5) is 28.3. The highest BCUT2D eigenvalue weighted by Crippen LogP contribution is 2.12. The SMILES string of the molecule is Cc1nsc(NC(=O)N(C)Cc2ccc(C(=O)O)cc2)n1. The van der Waals surface area contributed by atoms with Crippen LogP contribution < -0.4 is 5.32 Å². The van der Waals surface area contributed by atoms with Crippen LogP contribution in [0.2, 0.25) is 0 Å². The fourth-order valence-electron chi connectivity index (χ4n) is 1.63. The van der Waals surface area contributed by atoms with Crippen LogP contribution in [-0.2, 0) is 6.54 Å². The van der Waals surface area contributed by atoms with Crippen molar-refractivity contribution in [1.82, 2.24) is 14.3 Å². The summed E-state index contributed by atoms with van der Waals surface area (Å²) in [6.07, 6.45) is 0. The molecule has 0 aliphatic heterocycles. The number of amides is 2. The third-order valence-corrected chi connectivity index (χ3v) is 3.43. The molecule has 1 aromatic heterocycles. The first-order chi connectivity index (χ1) is 9.95. The number of benzene rings is 1. The first-order valence-electron chi connectivity index (χ1n) is 6.10. The molecule has 110 valence electrons. The molecule has 0 aliphatic rings. The van der Waals surface area contributed by atoms with Gasteiger partial charge in [-0.2, -0.15) is 4.37 Å². The Morgan fingerprint density at radius 3 is 2.52 bits per heavy atom. The van der Waals surface area contributed by atoms with Crippen molar-refractivity contribution in [2.45, 2.75) is 13.5 Å². The van der Waals surface area contributed by atoms with E-state index < -0.39 is 5.97 Å². The maximum absolute atomic E-state index is 12.0. The maximum atomic E-state index is 12.0. The van der Waals surface area contributed by atoms with E-state index in [1.54, 1.807) is 26.1 Å². The van der Waals surface area contributed by atoms with Gasteiger partial charge in [-0.25, -0.2) is 14.6 Å². The zero-order valence-corrected chi connectivity index (χ0v) is 12.3. The Kier molecular flexibility index (Phi) is 4.49. The number of aryl methyl sites for hydroxylation is 1. The van der Waals surface area contributed by atoms with E-state index in [0.29, 0.717) is 17.5 Å². The lowest BCUT2D eigenvalue weighted by molar-refractivity contribution is 0.0697. The van der Waals surface area contributed by atoms with Crippen molar-refractivity contribution in [3.63, 3.8) is 0 Å². The lowest BCUT2D eigenvalue weighted by Gasteiger charge is -2.17. The predicted octanol–water partition coefficient (Wildman–Crippen LogP) is 2.21. The number of urea groups is 1. The predicted molar refractivity (Wildman–Crippen MR) is 78.5 cm³/mol. The molecule has 0 radical (unpaired) electrons. The van der Waals surface area contributed by atoms with Gasteiger partial charge in [0.1, 0.15) is 5.82 Å². The number of carboxylic acids is 1. The van der Waals surface area contributed by atoms with Gasteiger partial charge in [-0.15, -0.1) is 0 Å². The number of aromatic nitrogens is 2. The monoisotopic (exact) mass is 306 g/mol. The molecule has 21 heavy (non-hydrogen) atoms. The van der Waals surface area contributed by atoms with Gasteiger partial charge in [0.25, 0.3) is 0 Å². The molecular weight excluding hydrogens is 292 g/mol. The van der Waals surface area contributed by atoms with Gasteiger partial charge in [-0.1, -0.05) is 12.1 Å². The molecule has 8 heteroatoms. The normalized spacial score (nSPS) is 10.2. The number of carboxylic acid groups (broad SMARTS) is 1. The molecule has 0 aliphatic carbocycles. The van der Waals surface area contributed by atoms with E-state index in [1.165, 1.54) is 17.0 Å². The Balaban J connectivity index is 1.95. The largest absolute Gasteiger partial charge is 0.478 e. The van der Waals surface area contributed by atoms with Crippen molar-refractivity contribution in [2.75, 3.05) is 12.4 Å². The first-order valence-corrected chi connectivity index (χ1v) is 6.87. The maximum Gasteiger partial charge on any atom is 0.335 e. The Morgan fingerprint density at radius 2 is 2.00 bits per heavy atom. The van der Waals surface area contributed by atoms with Crippen LogP contribution in [0, 0.1) is 6.92 Å². The molecule has 2 amide bonds. The van der Waals surface area contributed by atoms with E-state index in [1.807, 2.05) is 0 Å². The molecule has 0 bridgehead atoms. The van der Waals surface area contributed by atoms with E-state index in [2.05, 4.69) is 14.7 Å². The summed E-state index contributed by atoms with van der Waals surface area (Å²) in [7, 11) is 1.65. The van der Waals surface area contributed by atoms with Gasteiger partial charge in [0, 0.05) is 25.1 Å². The van der Waals surface area contributed by atoms with Crippen LogP contribution in [0.3, 0.4) is 0 Å². The average molecular weight is 306 g/mol. The fraction of sp³-hybridized carbons (Fsp3) is 0.231. The molecule has 0 unspecified atom stereocenters. The third kappa shape index (κ3) is 3.99. The van der Waals surface area contributed by atoms with Crippen LogP contribution in [0.1, 0.15) is 21.7 Å². The van der Waals surface area contributed by atoms with E-state index >= 15 is 0 Å². The molecule has 0 saturated carbocycles. The average Bonchev–Trinajstić information content (AvgIpc) is 2.84. The van der Waals surface area contributed by atoms with Crippen LogP contribution >= 0.6 is 11.5 Å². The second-order valence-corrected chi connectivity index (χ2v) is 5.19. The van der Waals surface area contributed by atoms with Gasteiger partial charge in [0.2, 0.25) is 5.13 Å². The van der Waals surface area contributed by atoms with Gasteiger partial charge in [-0.3, -0.25) is 5.32 Å². The molecule has 7 nitrogen and oxygen atoms in total. The number of nitrogens with zero attached hydrogens (tertiary/aromatic N) is 3. The molecule has 1 heterocycles. The van der Waals surface area contributed by atoms with E-state index in [9.17, 15) is 9.59 Å². The standard InChI is InChI=1S/C13H14N4O3S/c1-8-14-12(21-16-8)15-13(20)17(2)7-9-3-5-10(6-4-9)11(18)19/h3-6H,7H2,1-2H3,(H,18,19)(H,14,15,16,20). The molecule has 2 N–H and O–H groups in total. The summed E-state index contributed by atoms with van der Waals surface area (Å²) in [5.74, 6) is -0.360. The summed E-state index contributed by atoms with van der Waals surface area (Å²) in [5, 5.41) is 11.9. The minimum Gasteiger partial charge on any atom is -0.478 e. The third-order valence-electron chi connectivity index (χ3n) is 2.71. The van der Waals surface area contributed by atoms with E-state index in [0.717, 1.165) is 17.1 Å². The second kappa shape index (κ2) is 6.31. The molecule has 2 rings (SSSR count). The van der Waals surface area contributed by atoms with Crippen molar-refractivity contribution in [2.24, 2.45) is 0 Å². The molecule has 2 aromatic rings. The Morgan fingerprint density at radius 1 is 1.33 bits per heavy atom. The zero-order chi connectivity index (χ0) is 15.4. The lowest BCUT2D eigenvalue weighted by Crippen LogP contribution is -2.30. The van der Waals surface area contributed by atoms with Crippen LogP contribution in [0.4, 0.5) is 9.93 Å². The van der Waals surface area contributed by atoms with Crippen molar-refractivity contribution >= 4 is 28.7 Å². The number of anilines is 1. The van der Waals surface area contributed by atoms with Gasteiger partial charge >= 0.3 is 12.0 Å². The Labute approximate surface area is 125 Å². The fourth-order valence-corrected chi connectivity index (χ4v) is 2.20. The topological polar surface area (TPSA) is 95.4 Å². The summed E-state index contributed by atoms with van der Waals surface area (Å²) in [5.41, 5.74) is 1.06. The first kappa shape index (κ1) is 14.9. The summed E-state index contributed by atoms with van der Waals surface area (Å²) in [6.45, 7) is 2.11. The van der Waals surface area contributed by atoms with Crippen molar-refractivity contribution < 1.29 is 14.7 Å². The van der Waals surface area contributed by atoms with Gasteiger partial charge in [0.15, 0.2) is 0 Å². The van der Waals surface area contributed by atoms with E-state index in [-0.39, 0.29) is 11.6 Å². The van der Waals surface area contributed by atoms with Gasteiger partial charge < -0.3 is 10.0 Å². The lowest BCUT2D eigenvalue weighted by atomic mass is 10.1. The summed E-state index contributed by atoms with van der Waals surface area (Å²) in [6, 6.07) is 6.09. The highest BCUT2D eigenvalue weighted by molar-refractivity contribution is 7.09. The van der Waals surface area contributed by atoms with Crippen molar-refractivity contribution in [1.29, 1.82) is 0 Å². The van der Waals surface area contributed by atoms with E-state index in [4.69, 9.17) is 5.11 Å². The molecular formula is C13H14N4O3S. The number of aromatic carboxylic acids is 1. The number of nitrogens with one attached hydrogen (secondary N) is 1. The number of hydrogen-bond donors (Lipinski definition) is 2. The molecule has 0 spiro atoms. The van der Waals surface area contributed by atoms with Crippen LogP contribution in [-0.4, -0.2) is 38.4 Å². The highest BCUT2D eigenvalue weighted by atomic mass is 32.1. The summed E-state index contributed by atoms with van der Waals surface area (Å²) < 4.78 is 3.98. The number of carbonyl (C=O) groups excluding carboxylic acids is 1. The molecule has 0 saturated heterocycles. The zero-order valence-electron chi connectivity index (χ0n) is 11.5. The van der Waals surface area contributed by atoms with Crippen LogP contribution in [0.25, 0.3) is 0 Å². The Bertz CT molecular complexity index is 654. The van der Waals surface area contributed by atoms with Gasteiger partial charge in [-0.05, 0) is 24.6 Å². The van der Waals surface area contributed by atoms with Crippen molar-refractivity contribution in [3.05, 3.63) is 41.2 Å². The minimum atomic E-state index is -0.973. The number of hydrogen-bond acceptors (Lipinski definition) is 5. The smallest absolute Gasteiger partial charge is 0.335 e. The number of carbonyl (C=O) groups is 2. The van der Waals surface area contributed by atoms with Crippen LogP contribution in [0.5, 0.6) is 0 Å². The Hall–Kier alpha value is -2.48.